The Labute approximate surface area is 278 Å². The average Bonchev–Trinajstić information content (AvgIpc) is 3.06. The number of aryl methyl sites for hydroxylation is 1. The standard InChI is InChI=1S/C36H47N3O7S/c1-25-14-17-31(18-15-25)47(43,44)38(5)23-34-26(2)22-39(27(3)24-40)36(42)32-21-30(37-35(41)29-12-7-6-8-13-29)16-19-33(32)46-28(4)11-9-10-20-45-34/h6-8,12-19,21,26-28,34,40H,9-11,20,22-24H2,1-5H3,(H,37,41)/t26-,27+,28+,34-/m1/s1. The van der Waals surface area contributed by atoms with Crippen molar-refractivity contribution in [3.8, 4) is 5.75 Å². The zero-order valence-electron chi connectivity index (χ0n) is 27.9. The number of rotatable bonds is 8. The largest absolute Gasteiger partial charge is 0.490 e. The quantitative estimate of drug-likeness (QED) is 0.332. The van der Waals surface area contributed by atoms with Gasteiger partial charge in [0.1, 0.15) is 5.75 Å². The van der Waals surface area contributed by atoms with Gasteiger partial charge in [-0.15, -0.1) is 0 Å². The van der Waals surface area contributed by atoms with Gasteiger partial charge in [0.05, 0.1) is 35.3 Å². The zero-order chi connectivity index (χ0) is 34.1. The molecule has 0 saturated heterocycles. The third-order valence-corrected chi connectivity index (χ3v) is 10.3. The Kier molecular flexibility index (Phi) is 12.6. The van der Waals surface area contributed by atoms with Crippen LogP contribution in [-0.4, -0.2) is 86.1 Å². The van der Waals surface area contributed by atoms with E-state index < -0.39 is 22.2 Å². The SMILES string of the molecule is Cc1ccc(S(=O)(=O)N(C)C[C@H]2OCCCC[C@H](C)Oc3ccc(NC(=O)c4ccccc4)cc3C(=O)N([C@@H](C)CO)C[C@H]2C)cc1. The third kappa shape index (κ3) is 9.41. The number of aliphatic hydroxyl groups excluding tert-OH is 1. The molecular formula is C36H47N3O7S. The van der Waals surface area contributed by atoms with Crippen LogP contribution in [-0.2, 0) is 14.8 Å². The summed E-state index contributed by atoms with van der Waals surface area (Å²) in [7, 11) is -2.25. The van der Waals surface area contributed by atoms with E-state index in [1.165, 1.54) is 11.4 Å². The highest BCUT2D eigenvalue weighted by atomic mass is 32.2. The Morgan fingerprint density at radius 3 is 2.45 bits per heavy atom. The van der Waals surface area contributed by atoms with Crippen LogP contribution in [0.15, 0.2) is 77.7 Å². The topological polar surface area (TPSA) is 125 Å². The predicted molar refractivity (Wildman–Crippen MR) is 182 cm³/mol. The second kappa shape index (κ2) is 16.4. The molecule has 0 aliphatic carbocycles. The molecule has 4 rings (SSSR count). The van der Waals surface area contributed by atoms with Crippen molar-refractivity contribution >= 4 is 27.5 Å². The van der Waals surface area contributed by atoms with Crippen LogP contribution in [0.5, 0.6) is 5.75 Å². The molecule has 11 heteroatoms. The first-order valence-corrected chi connectivity index (χ1v) is 17.6. The number of amides is 2. The summed E-state index contributed by atoms with van der Waals surface area (Å²) in [5, 5.41) is 13.1. The molecule has 0 saturated carbocycles. The van der Waals surface area contributed by atoms with Gasteiger partial charge in [-0.1, -0.05) is 42.8 Å². The molecule has 2 amide bonds. The molecule has 0 aromatic heterocycles. The second-order valence-corrected chi connectivity index (χ2v) is 14.5. The van der Waals surface area contributed by atoms with Crippen molar-refractivity contribution in [2.24, 2.45) is 5.92 Å². The lowest BCUT2D eigenvalue weighted by molar-refractivity contribution is -0.00834. The Hall–Kier alpha value is -3.77. The maximum atomic E-state index is 14.3. The highest BCUT2D eigenvalue weighted by Crippen LogP contribution is 2.29. The van der Waals surface area contributed by atoms with Crippen LogP contribution < -0.4 is 10.1 Å². The Balaban J connectivity index is 1.65. The number of aliphatic hydroxyl groups is 1. The Morgan fingerprint density at radius 2 is 1.77 bits per heavy atom. The first kappa shape index (κ1) is 36.1. The Bertz CT molecular complexity index is 1600. The normalized spacial score (nSPS) is 20.5. The molecule has 0 spiro atoms. The molecule has 10 nitrogen and oxygen atoms in total. The number of likely N-dealkylation sites (N-methyl/N-ethyl adjacent to an activating group) is 1. The maximum Gasteiger partial charge on any atom is 0.258 e. The molecule has 254 valence electrons. The summed E-state index contributed by atoms with van der Waals surface area (Å²) < 4.78 is 40.8. The summed E-state index contributed by atoms with van der Waals surface area (Å²) in [4.78, 5) is 29.0. The lowest BCUT2D eigenvalue weighted by Gasteiger charge is -2.35. The number of ether oxygens (including phenoxy) is 2. The van der Waals surface area contributed by atoms with Crippen molar-refractivity contribution < 1.29 is 32.6 Å². The molecule has 47 heavy (non-hydrogen) atoms. The molecule has 0 radical (unpaired) electrons. The van der Waals surface area contributed by atoms with Crippen molar-refractivity contribution in [1.29, 1.82) is 0 Å². The van der Waals surface area contributed by atoms with Gasteiger partial charge in [-0.05, 0) is 82.5 Å². The molecule has 0 unspecified atom stereocenters. The van der Waals surface area contributed by atoms with Crippen LogP contribution in [0.3, 0.4) is 0 Å². The number of fused-ring (bicyclic) bond motifs is 1. The van der Waals surface area contributed by atoms with Crippen LogP contribution >= 0.6 is 0 Å². The van der Waals surface area contributed by atoms with Gasteiger partial charge < -0.3 is 24.8 Å². The molecular weight excluding hydrogens is 618 g/mol. The number of sulfonamides is 1. The van der Waals surface area contributed by atoms with E-state index in [1.54, 1.807) is 78.6 Å². The maximum absolute atomic E-state index is 14.3. The average molecular weight is 666 g/mol. The monoisotopic (exact) mass is 665 g/mol. The zero-order valence-corrected chi connectivity index (χ0v) is 28.7. The van der Waals surface area contributed by atoms with Gasteiger partial charge in [0.2, 0.25) is 10.0 Å². The fourth-order valence-corrected chi connectivity index (χ4v) is 6.68. The van der Waals surface area contributed by atoms with Gasteiger partial charge in [-0.2, -0.15) is 4.31 Å². The van der Waals surface area contributed by atoms with Crippen molar-refractivity contribution in [1.82, 2.24) is 9.21 Å². The number of benzene rings is 3. The van der Waals surface area contributed by atoms with Crippen molar-refractivity contribution in [3.63, 3.8) is 0 Å². The Morgan fingerprint density at radius 1 is 1.06 bits per heavy atom. The smallest absolute Gasteiger partial charge is 0.258 e. The first-order chi connectivity index (χ1) is 22.4. The summed E-state index contributed by atoms with van der Waals surface area (Å²) in [5.41, 5.74) is 2.12. The number of carbonyl (C=O) groups is 2. The minimum atomic E-state index is -3.79. The van der Waals surface area contributed by atoms with E-state index in [9.17, 15) is 23.1 Å². The second-order valence-electron chi connectivity index (χ2n) is 12.4. The molecule has 0 bridgehead atoms. The molecule has 2 N–H and O–H groups in total. The highest BCUT2D eigenvalue weighted by molar-refractivity contribution is 7.89. The first-order valence-electron chi connectivity index (χ1n) is 16.1. The van der Waals surface area contributed by atoms with Crippen LogP contribution in [0.2, 0.25) is 0 Å². The van der Waals surface area contributed by atoms with Crippen LogP contribution in [0, 0.1) is 12.8 Å². The van der Waals surface area contributed by atoms with Crippen LogP contribution in [0.25, 0.3) is 0 Å². The van der Waals surface area contributed by atoms with Gasteiger partial charge in [0, 0.05) is 43.9 Å². The van der Waals surface area contributed by atoms with E-state index >= 15 is 0 Å². The minimum Gasteiger partial charge on any atom is -0.490 e. The van der Waals surface area contributed by atoms with Gasteiger partial charge in [-0.25, -0.2) is 8.42 Å². The number of hydrogen-bond acceptors (Lipinski definition) is 7. The van der Waals surface area contributed by atoms with Crippen LogP contribution in [0.1, 0.15) is 66.3 Å². The van der Waals surface area contributed by atoms with Gasteiger partial charge in [-0.3, -0.25) is 9.59 Å². The fourth-order valence-electron chi connectivity index (χ4n) is 5.50. The van der Waals surface area contributed by atoms with Crippen LogP contribution in [0.4, 0.5) is 5.69 Å². The molecule has 3 aromatic carbocycles. The van der Waals surface area contributed by atoms with Crippen molar-refractivity contribution in [2.75, 3.05) is 38.7 Å². The summed E-state index contributed by atoms with van der Waals surface area (Å²) >= 11 is 0. The molecule has 3 aromatic rings. The summed E-state index contributed by atoms with van der Waals surface area (Å²) in [6.45, 7) is 7.91. The minimum absolute atomic E-state index is 0.0820. The third-order valence-electron chi connectivity index (χ3n) is 8.51. The van der Waals surface area contributed by atoms with Crippen molar-refractivity contribution in [3.05, 3.63) is 89.5 Å². The van der Waals surface area contributed by atoms with E-state index in [2.05, 4.69) is 5.32 Å². The van der Waals surface area contributed by atoms with E-state index in [0.29, 0.717) is 30.0 Å². The predicted octanol–water partition coefficient (Wildman–Crippen LogP) is 5.36. The lowest BCUT2D eigenvalue weighted by Crippen LogP contribution is -2.48. The molecule has 4 atom stereocenters. The summed E-state index contributed by atoms with van der Waals surface area (Å²) in [6.07, 6.45) is 1.52. The van der Waals surface area contributed by atoms with E-state index in [-0.39, 0.29) is 54.0 Å². The number of hydrogen-bond donors (Lipinski definition) is 2. The summed E-state index contributed by atoms with van der Waals surface area (Å²) in [5.74, 6) is -0.618. The molecule has 1 aliphatic rings. The number of anilines is 1. The van der Waals surface area contributed by atoms with Gasteiger partial charge in [0.25, 0.3) is 11.8 Å². The van der Waals surface area contributed by atoms with Gasteiger partial charge in [0.15, 0.2) is 0 Å². The van der Waals surface area contributed by atoms with Gasteiger partial charge >= 0.3 is 0 Å². The molecule has 1 aliphatic heterocycles. The molecule has 0 fully saturated rings. The number of carbonyl (C=O) groups excluding carboxylic acids is 2. The highest BCUT2D eigenvalue weighted by Gasteiger charge is 2.32. The van der Waals surface area contributed by atoms with E-state index in [0.717, 1.165) is 18.4 Å². The van der Waals surface area contributed by atoms with E-state index in [4.69, 9.17) is 9.47 Å². The number of nitrogens with one attached hydrogen (secondary N) is 1. The summed E-state index contributed by atoms with van der Waals surface area (Å²) in [6, 6.07) is 20.0. The molecule has 1 heterocycles. The lowest BCUT2D eigenvalue weighted by atomic mass is 10.0. The van der Waals surface area contributed by atoms with Crippen molar-refractivity contribution in [2.45, 2.75) is 70.1 Å². The van der Waals surface area contributed by atoms with E-state index in [1.807, 2.05) is 26.8 Å². The number of nitrogens with zero attached hydrogens (tertiary/aromatic N) is 2. The fraction of sp³-hybridized carbons (Fsp3) is 0.444.